The van der Waals surface area contributed by atoms with Crippen molar-refractivity contribution in [2.24, 2.45) is 5.92 Å². The summed E-state index contributed by atoms with van der Waals surface area (Å²) in [5.74, 6) is -0.646. The number of carboxylic acids is 1. The van der Waals surface area contributed by atoms with E-state index >= 15 is 0 Å². The fourth-order valence-electron chi connectivity index (χ4n) is 4.83. The van der Waals surface area contributed by atoms with Crippen LogP contribution >= 0.6 is 0 Å². The molecule has 7 heteroatoms. The number of benzene rings is 3. The average Bonchev–Trinajstić information content (AvgIpc) is 3.28. The quantitative estimate of drug-likeness (QED) is 0.448. The van der Waals surface area contributed by atoms with Crippen molar-refractivity contribution in [1.29, 1.82) is 0 Å². The van der Waals surface area contributed by atoms with Gasteiger partial charge in [-0.1, -0.05) is 36.4 Å². The monoisotopic (exact) mass is 460 g/mol. The van der Waals surface area contributed by atoms with Gasteiger partial charge >= 0.3 is 5.97 Å². The van der Waals surface area contributed by atoms with Crippen LogP contribution in [0.25, 0.3) is 0 Å². The lowest BCUT2D eigenvalue weighted by molar-refractivity contribution is 0.0697. The molecule has 33 heavy (non-hydrogen) atoms. The van der Waals surface area contributed by atoms with Crippen molar-refractivity contribution >= 4 is 27.4 Å². The van der Waals surface area contributed by atoms with E-state index in [1.54, 1.807) is 36.4 Å². The predicted molar refractivity (Wildman–Crippen MR) is 128 cm³/mol. The third kappa shape index (κ3) is 4.00. The van der Waals surface area contributed by atoms with E-state index in [2.05, 4.69) is 22.2 Å². The lowest BCUT2D eigenvalue weighted by Gasteiger charge is -2.37. The Balaban J connectivity index is 1.47. The zero-order chi connectivity index (χ0) is 23.2. The van der Waals surface area contributed by atoms with Crippen LogP contribution in [0.5, 0.6) is 0 Å². The molecule has 3 atom stereocenters. The van der Waals surface area contributed by atoms with E-state index in [1.165, 1.54) is 0 Å². The Bertz CT molecular complexity index is 1360. The molecule has 0 spiro atoms. The van der Waals surface area contributed by atoms with Crippen molar-refractivity contribution in [1.82, 2.24) is 0 Å². The van der Waals surface area contributed by atoms with Gasteiger partial charge < -0.3 is 10.4 Å². The van der Waals surface area contributed by atoms with Crippen LogP contribution in [0.4, 0.5) is 11.4 Å². The number of carbonyl (C=O) groups is 1. The topological polar surface area (TPSA) is 95.5 Å². The van der Waals surface area contributed by atoms with Crippen LogP contribution in [-0.4, -0.2) is 19.5 Å². The van der Waals surface area contributed by atoms with Gasteiger partial charge in [0.25, 0.3) is 10.0 Å². The van der Waals surface area contributed by atoms with Crippen LogP contribution < -0.4 is 10.0 Å². The number of carboxylic acid groups (broad SMARTS) is 1. The smallest absolute Gasteiger partial charge is 0.335 e. The molecule has 0 saturated heterocycles. The third-order valence-corrected chi connectivity index (χ3v) is 7.81. The van der Waals surface area contributed by atoms with Gasteiger partial charge in [-0.05, 0) is 78.4 Å². The zero-order valence-corrected chi connectivity index (χ0v) is 18.8. The molecule has 1 aliphatic carbocycles. The minimum Gasteiger partial charge on any atom is -0.478 e. The van der Waals surface area contributed by atoms with E-state index in [0.29, 0.717) is 5.69 Å². The summed E-state index contributed by atoms with van der Waals surface area (Å²) >= 11 is 0. The molecule has 0 amide bonds. The van der Waals surface area contributed by atoms with Crippen LogP contribution in [0.1, 0.15) is 45.4 Å². The maximum atomic E-state index is 13.1. The zero-order valence-electron chi connectivity index (χ0n) is 18.0. The van der Waals surface area contributed by atoms with Gasteiger partial charge in [-0.25, -0.2) is 13.2 Å². The molecule has 0 radical (unpaired) electrons. The summed E-state index contributed by atoms with van der Waals surface area (Å²) < 4.78 is 28.8. The normalized spacial score (nSPS) is 21.1. The number of sulfonamides is 1. The minimum absolute atomic E-state index is 0.00761. The molecule has 1 aliphatic heterocycles. The minimum atomic E-state index is -3.73. The molecule has 0 aromatic heterocycles. The highest BCUT2D eigenvalue weighted by atomic mass is 32.2. The molecule has 3 aromatic carbocycles. The van der Waals surface area contributed by atoms with Gasteiger partial charge in [-0.15, -0.1) is 0 Å². The standard InChI is InChI=1S/C26H24N2O4S/c1-16-4-2-5-19(14-16)28-33(31,32)20-12-13-24-23(15-20)21-6-3-7-22(21)25(27-24)17-8-10-18(11-9-17)26(29)30/h2-6,8-15,21-22,25,27-28H,7H2,1H3,(H,29,30)/t21?,22?,25-/m1/s1. The summed E-state index contributed by atoms with van der Waals surface area (Å²) in [5.41, 5.74) is 4.64. The Hall–Kier alpha value is -3.58. The van der Waals surface area contributed by atoms with Gasteiger partial charge in [0.1, 0.15) is 0 Å². The molecule has 1 heterocycles. The van der Waals surface area contributed by atoms with E-state index in [1.807, 2.05) is 37.3 Å². The Kier molecular flexibility index (Phi) is 5.21. The Morgan fingerprint density at radius 2 is 1.85 bits per heavy atom. The molecular formula is C26H24N2O4S. The van der Waals surface area contributed by atoms with E-state index in [9.17, 15) is 18.3 Å². The van der Waals surface area contributed by atoms with Crippen LogP contribution in [0.2, 0.25) is 0 Å². The first-order valence-electron chi connectivity index (χ1n) is 10.8. The van der Waals surface area contributed by atoms with Crippen molar-refractivity contribution in [3.63, 3.8) is 0 Å². The molecular weight excluding hydrogens is 436 g/mol. The summed E-state index contributed by atoms with van der Waals surface area (Å²) in [7, 11) is -3.73. The first-order chi connectivity index (χ1) is 15.8. The average molecular weight is 461 g/mol. The van der Waals surface area contributed by atoms with Gasteiger partial charge in [0.05, 0.1) is 16.5 Å². The maximum Gasteiger partial charge on any atom is 0.335 e. The number of anilines is 2. The van der Waals surface area contributed by atoms with Gasteiger partial charge in [0, 0.05) is 17.3 Å². The highest BCUT2D eigenvalue weighted by Crippen LogP contribution is 2.50. The highest BCUT2D eigenvalue weighted by Gasteiger charge is 2.38. The Morgan fingerprint density at radius 3 is 2.58 bits per heavy atom. The van der Waals surface area contributed by atoms with Crippen molar-refractivity contribution in [3.8, 4) is 0 Å². The summed E-state index contributed by atoms with van der Waals surface area (Å²) in [4.78, 5) is 11.4. The molecule has 168 valence electrons. The lowest BCUT2D eigenvalue weighted by atomic mass is 9.77. The number of aromatic carboxylic acids is 1. The molecule has 5 rings (SSSR count). The van der Waals surface area contributed by atoms with Crippen molar-refractivity contribution < 1.29 is 18.3 Å². The number of allylic oxidation sites excluding steroid dienone is 2. The second kappa shape index (κ2) is 8.08. The van der Waals surface area contributed by atoms with Crippen LogP contribution in [0.3, 0.4) is 0 Å². The van der Waals surface area contributed by atoms with E-state index in [0.717, 1.165) is 28.8 Å². The number of aryl methyl sites for hydroxylation is 1. The van der Waals surface area contributed by atoms with Crippen LogP contribution in [-0.2, 0) is 10.0 Å². The molecule has 6 nitrogen and oxygen atoms in total. The van der Waals surface area contributed by atoms with E-state index in [-0.39, 0.29) is 28.3 Å². The van der Waals surface area contributed by atoms with Gasteiger partial charge in [-0.2, -0.15) is 0 Å². The summed E-state index contributed by atoms with van der Waals surface area (Å²) in [5, 5.41) is 12.8. The fraction of sp³-hybridized carbons (Fsp3) is 0.192. The molecule has 0 bridgehead atoms. The Morgan fingerprint density at radius 1 is 1.06 bits per heavy atom. The number of rotatable bonds is 5. The molecule has 0 saturated carbocycles. The van der Waals surface area contributed by atoms with Crippen molar-refractivity contribution in [2.75, 3.05) is 10.0 Å². The second-order valence-electron chi connectivity index (χ2n) is 8.63. The summed E-state index contributed by atoms with van der Waals surface area (Å²) in [6.07, 6.45) is 5.14. The number of hydrogen-bond acceptors (Lipinski definition) is 4. The molecule has 3 N–H and O–H groups in total. The van der Waals surface area contributed by atoms with Gasteiger partial charge in [0.15, 0.2) is 0 Å². The maximum absolute atomic E-state index is 13.1. The first kappa shape index (κ1) is 21.3. The van der Waals surface area contributed by atoms with Crippen molar-refractivity contribution in [3.05, 3.63) is 101 Å². The molecule has 3 aromatic rings. The molecule has 2 unspecified atom stereocenters. The fourth-order valence-corrected chi connectivity index (χ4v) is 5.91. The van der Waals surface area contributed by atoms with E-state index in [4.69, 9.17) is 0 Å². The third-order valence-electron chi connectivity index (χ3n) is 6.43. The van der Waals surface area contributed by atoms with Crippen LogP contribution in [0, 0.1) is 12.8 Å². The lowest BCUT2D eigenvalue weighted by Crippen LogP contribution is -2.29. The molecule has 0 fully saturated rings. The second-order valence-corrected chi connectivity index (χ2v) is 10.3. The largest absolute Gasteiger partial charge is 0.478 e. The van der Waals surface area contributed by atoms with Gasteiger partial charge in [-0.3, -0.25) is 4.72 Å². The van der Waals surface area contributed by atoms with E-state index < -0.39 is 16.0 Å². The SMILES string of the molecule is Cc1cccc(NS(=O)(=O)c2ccc3c(c2)C2C=CCC2[C@@H](c2ccc(C(=O)O)cc2)N3)c1. The summed E-state index contributed by atoms with van der Waals surface area (Å²) in [6, 6.07) is 19.4. The highest BCUT2D eigenvalue weighted by molar-refractivity contribution is 7.92. The number of fused-ring (bicyclic) bond motifs is 3. The molecule has 2 aliphatic rings. The predicted octanol–water partition coefficient (Wildman–Crippen LogP) is 5.32. The Labute approximate surface area is 193 Å². The first-order valence-corrected chi connectivity index (χ1v) is 12.3. The van der Waals surface area contributed by atoms with Crippen molar-refractivity contribution in [2.45, 2.75) is 30.2 Å². The number of hydrogen-bond donors (Lipinski definition) is 3. The van der Waals surface area contributed by atoms with Crippen LogP contribution in [0.15, 0.2) is 83.8 Å². The van der Waals surface area contributed by atoms with Gasteiger partial charge in [0.2, 0.25) is 0 Å². The summed E-state index contributed by atoms with van der Waals surface area (Å²) in [6.45, 7) is 1.92. The number of nitrogens with one attached hydrogen (secondary N) is 2.